The highest BCUT2D eigenvalue weighted by molar-refractivity contribution is 9.10. The molecule has 0 fully saturated rings. The molecule has 4 nitrogen and oxygen atoms in total. The molecule has 0 aromatic heterocycles. The monoisotopic (exact) mass is 348 g/mol. The number of methoxy groups -OCH3 is 1. The van der Waals surface area contributed by atoms with Crippen molar-refractivity contribution >= 4 is 29.0 Å². The molecule has 1 aromatic rings. The van der Waals surface area contributed by atoms with Gasteiger partial charge in [0.2, 0.25) is 0 Å². The second-order valence-electron chi connectivity index (χ2n) is 4.07. The first-order valence-electron chi connectivity index (χ1n) is 6.04. The van der Waals surface area contributed by atoms with Crippen LogP contribution < -0.4 is 4.74 Å². The average Bonchev–Trinajstić information content (AvgIpc) is 2.44. The van der Waals surface area contributed by atoms with Crippen molar-refractivity contribution in [2.45, 2.75) is 13.8 Å². The molecule has 0 saturated heterocycles. The van der Waals surface area contributed by atoms with Crippen molar-refractivity contribution < 1.29 is 18.8 Å². The lowest BCUT2D eigenvalue weighted by Gasteiger charge is -2.15. The fourth-order valence-electron chi connectivity index (χ4n) is 1.54. The summed E-state index contributed by atoms with van der Waals surface area (Å²) >= 11 is 3.31. The normalized spacial score (nSPS) is 11.2. The van der Waals surface area contributed by atoms with Crippen LogP contribution in [-0.4, -0.2) is 31.8 Å². The van der Waals surface area contributed by atoms with Crippen LogP contribution in [0.4, 0.5) is 0 Å². The quantitative estimate of drug-likeness (QED) is 0.576. The SMILES string of the molecule is CCP(=O)(CC)COC(=O)c1cccc(Br)c1OC. The van der Waals surface area contributed by atoms with Crippen LogP contribution in [0, 0.1) is 0 Å². The maximum atomic E-state index is 12.2. The van der Waals surface area contributed by atoms with Crippen LogP contribution in [0.5, 0.6) is 5.75 Å². The van der Waals surface area contributed by atoms with Gasteiger partial charge in [0.1, 0.15) is 24.8 Å². The molecule has 6 heteroatoms. The smallest absolute Gasteiger partial charge is 0.342 e. The van der Waals surface area contributed by atoms with E-state index < -0.39 is 13.1 Å². The van der Waals surface area contributed by atoms with E-state index in [-0.39, 0.29) is 6.35 Å². The van der Waals surface area contributed by atoms with E-state index in [0.29, 0.717) is 28.1 Å². The van der Waals surface area contributed by atoms with E-state index in [1.165, 1.54) is 7.11 Å². The van der Waals surface area contributed by atoms with Gasteiger partial charge in [-0.25, -0.2) is 4.79 Å². The summed E-state index contributed by atoms with van der Waals surface area (Å²) in [6, 6.07) is 5.12. The molecule has 0 amide bonds. The second kappa shape index (κ2) is 7.11. The van der Waals surface area contributed by atoms with Crippen LogP contribution in [0.1, 0.15) is 24.2 Å². The van der Waals surface area contributed by atoms with Crippen molar-refractivity contribution in [1.82, 2.24) is 0 Å². The van der Waals surface area contributed by atoms with E-state index in [1.54, 1.807) is 18.2 Å². The summed E-state index contributed by atoms with van der Waals surface area (Å²) in [5, 5.41) is 0. The molecule has 0 aliphatic heterocycles. The van der Waals surface area contributed by atoms with Crippen LogP contribution in [0.3, 0.4) is 0 Å². The molecule has 106 valence electrons. The minimum Gasteiger partial charge on any atom is -0.495 e. The number of carbonyl (C=O) groups excluding carboxylic acids is 1. The van der Waals surface area contributed by atoms with Crippen LogP contribution in [0.2, 0.25) is 0 Å². The highest BCUT2D eigenvalue weighted by Crippen LogP contribution is 2.44. The molecule has 0 bridgehead atoms. The first kappa shape index (κ1) is 16.3. The molecule has 0 heterocycles. The Hall–Kier alpha value is -0.800. The number of para-hydroxylation sites is 1. The molecule has 0 saturated carbocycles. The maximum absolute atomic E-state index is 12.2. The van der Waals surface area contributed by atoms with Crippen molar-refractivity contribution in [3.63, 3.8) is 0 Å². The summed E-state index contributed by atoms with van der Waals surface area (Å²) < 4.78 is 23.2. The molecular formula is C13H18BrO4P. The molecule has 0 N–H and O–H groups in total. The van der Waals surface area contributed by atoms with Gasteiger partial charge in [0.15, 0.2) is 0 Å². The molecule has 1 aromatic carbocycles. The summed E-state index contributed by atoms with van der Waals surface area (Å²) in [5.41, 5.74) is 0.329. The first-order chi connectivity index (χ1) is 8.97. The lowest BCUT2D eigenvalue weighted by molar-refractivity contribution is 0.0566. The van der Waals surface area contributed by atoms with Crippen molar-refractivity contribution in [3.05, 3.63) is 28.2 Å². The zero-order valence-corrected chi connectivity index (χ0v) is 13.8. The van der Waals surface area contributed by atoms with Gasteiger partial charge in [-0.2, -0.15) is 0 Å². The van der Waals surface area contributed by atoms with Gasteiger partial charge < -0.3 is 14.0 Å². The van der Waals surface area contributed by atoms with Gasteiger partial charge in [-0.05, 0) is 28.1 Å². The predicted molar refractivity (Wildman–Crippen MR) is 79.7 cm³/mol. The summed E-state index contributed by atoms with van der Waals surface area (Å²) in [7, 11) is -0.901. The Labute approximate surface area is 122 Å². The van der Waals surface area contributed by atoms with E-state index in [1.807, 2.05) is 13.8 Å². The van der Waals surface area contributed by atoms with Crippen molar-refractivity contribution in [2.24, 2.45) is 0 Å². The number of benzene rings is 1. The van der Waals surface area contributed by atoms with Crippen LogP contribution >= 0.6 is 23.1 Å². The molecule has 1 rings (SSSR count). The Kier molecular flexibility index (Phi) is 6.08. The number of halogens is 1. The Morgan fingerprint density at radius 2 is 1.95 bits per heavy atom. The standard InChI is InChI=1S/C13H18BrO4P/c1-4-19(16,5-2)9-18-13(15)10-7-6-8-11(14)12(10)17-3/h6-8H,4-5,9H2,1-3H3. The van der Waals surface area contributed by atoms with Crippen LogP contribution in [-0.2, 0) is 9.30 Å². The lowest BCUT2D eigenvalue weighted by Crippen LogP contribution is -2.10. The molecule has 0 atom stereocenters. The Morgan fingerprint density at radius 1 is 1.32 bits per heavy atom. The van der Waals surface area contributed by atoms with Gasteiger partial charge in [0, 0.05) is 12.3 Å². The van der Waals surface area contributed by atoms with E-state index >= 15 is 0 Å². The molecule has 0 aliphatic rings. The molecule has 0 aliphatic carbocycles. The van der Waals surface area contributed by atoms with Crippen molar-refractivity contribution in [2.75, 3.05) is 25.8 Å². The highest BCUT2D eigenvalue weighted by atomic mass is 79.9. The number of carbonyl (C=O) groups is 1. The second-order valence-corrected chi connectivity index (χ2v) is 8.57. The largest absolute Gasteiger partial charge is 0.495 e. The molecular weight excluding hydrogens is 331 g/mol. The summed E-state index contributed by atoms with van der Waals surface area (Å²) in [6.45, 7) is 3.69. The van der Waals surface area contributed by atoms with Crippen LogP contribution in [0.25, 0.3) is 0 Å². The summed E-state index contributed by atoms with van der Waals surface area (Å²) in [6.07, 6.45) is 1.05. The zero-order valence-electron chi connectivity index (χ0n) is 11.3. The number of esters is 1. The van der Waals surface area contributed by atoms with Gasteiger partial charge in [-0.1, -0.05) is 19.9 Å². The van der Waals surface area contributed by atoms with Gasteiger partial charge >= 0.3 is 5.97 Å². The summed E-state index contributed by atoms with van der Waals surface area (Å²) in [5.74, 6) is -0.0874. The summed E-state index contributed by atoms with van der Waals surface area (Å²) in [4.78, 5) is 12.0. The minimum atomic E-state index is -2.39. The molecule has 0 spiro atoms. The van der Waals surface area contributed by atoms with Gasteiger partial charge in [0.05, 0.1) is 11.6 Å². The third kappa shape index (κ3) is 4.08. The number of hydrogen-bond donors (Lipinski definition) is 0. The van der Waals surface area contributed by atoms with Crippen LogP contribution in [0.15, 0.2) is 22.7 Å². The number of rotatable bonds is 6. The first-order valence-corrected chi connectivity index (χ1v) is 9.09. The Balaban J connectivity index is 2.85. The van der Waals surface area contributed by atoms with E-state index in [0.717, 1.165) is 0 Å². The van der Waals surface area contributed by atoms with Crippen molar-refractivity contribution in [3.8, 4) is 5.75 Å². The molecule has 0 unspecified atom stereocenters. The topological polar surface area (TPSA) is 52.6 Å². The van der Waals surface area contributed by atoms with Gasteiger partial charge in [0.25, 0.3) is 0 Å². The number of hydrogen-bond acceptors (Lipinski definition) is 4. The average molecular weight is 349 g/mol. The number of ether oxygens (including phenoxy) is 2. The fourth-order valence-corrected chi connectivity index (χ4v) is 3.23. The van der Waals surface area contributed by atoms with Gasteiger partial charge in [-0.3, -0.25) is 0 Å². The van der Waals surface area contributed by atoms with E-state index in [9.17, 15) is 9.36 Å². The van der Waals surface area contributed by atoms with Gasteiger partial charge in [-0.15, -0.1) is 0 Å². The Morgan fingerprint density at radius 3 is 2.47 bits per heavy atom. The van der Waals surface area contributed by atoms with E-state index in [2.05, 4.69) is 15.9 Å². The molecule has 19 heavy (non-hydrogen) atoms. The van der Waals surface area contributed by atoms with Crippen molar-refractivity contribution in [1.29, 1.82) is 0 Å². The predicted octanol–water partition coefficient (Wildman–Crippen LogP) is 3.97. The minimum absolute atomic E-state index is 0.0193. The van der Waals surface area contributed by atoms with E-state index in [4.69, 9.17) is 9.47 Å². The lowest BCUT2D eigenvalue weighted by atomic mass is 10.2. The zero-order chi connectivity index (χ0) is 14.5. The Bertz CT molecular complexity index is 493. The maximum Gasteiger partial charge on any atom is 0.342 e. The molecule has 0 radical (unpaired) electrons. The third-order valence-electron chi connectivity index (χ3n) is 2.97. The highest BCUT2D eigenvalue weighted by Gasteiger charge is 2.22. The fraction of sp³-hybridized carbons (Fsp3) is 0.462. The third-order valence-corrected chi connectivity index (χ3v) is 6.50.